The summed E-state index contributed by atoms with van der Waals surface area (Å²) in [6.07, 6.45) is 4.88. The number of aromatic nitrogens is 3. The number of nitrogens with one attached hydrogen (secondary N) is 5. The quantitative estimate of drug-likeness (QED) is 0.134. The van der Waals surface area contributed by atoms with E-state index < -0.39 is 54.5 Å². The molecule has 13 heteroatoms. The maximum Gasteiger partial charge on any atom is 0.326 e. The second-order valence-electron chi connectivity index (χ2n) is 9.78. The predicted molar refractivity (Wildman–Crippen MR) is 142 cm³/mol. The minimum absolute atomic E-state index is 0.0109. The number of imidazole rings is 1. The van der Waals surface area contributed by atoms with Gasteiger partial charge in [0.2, 0.25) is 17.7 Å². The zero-order valence-electron chi connectivity index (χ0n) is 21.8. The number of carbonyl (C=O) groups is 4. The number of aromatic amines is 2. The molecule has 2 heterocycles. The maximum absolute atomic E-state index is 13.4. The highest BCUT2D eigenvalue weighted by Gasteiger charge is 2.31. The van der Waals surface area contributed by atoms with Crippen LogP contribution in [0.5, 0.6) is 0 Å². The zero-order chi connectivity index (χ0) is 28.5. The number of nitrogens with two attached hydrogens (primary N) is 1. The van der Waals surface area contributed by atoms with Crippen molar-refractivity contribution in [3.63, 3.8) is 0 Å². The minimum Gasteiger partial charge on any atom is -0.480 e. The second kappa shape index (κ2) is 13.5. The molecular formula is C26H35N7O6. The van der Waals surface area contributed by atoms with Crippen LogP contribution >= 0.6 is 0 Å². The zero-order valence-corrected chi connectivity index (χ0v) is 21.8. The number of nitrogens with zero attached hydrogens (tertiary/aromatic N) is 1. The molecule has 1 aromatic carbocycles. The van der Waals surface area contributed by atoms with E-state index in [0.717, 1.165) is 10.9 Å². The molecule has 0 saturated heterocycles. The SMILES string of the molecule is CC(C)CC(N)C(=O)NC(CO)C(=O)NC(Cc1c[nH]c2ccccc12)C(=O)NC(Cc1cnc[nH]1)C(=O)O. The number of benzene rings is 1. The van der Waals surface area contributed by atoms with Crippen LogP contribution in [0.25, 0.3) is 10.9 Å². The first-order valence-electron chi connectivity index (χ1n) is 12.6. The van der Waals surface area contributed by atoms with E-state index in [0.29, 0.717) is 17.7 Å². The van der Waals surface area contributed by atoms with Gasteiger partial charge >= 0.3 is 5.97 Å². The fourth-order valence-electron chi connectivity index (χ4n) is 4.18. The number of carbonyl (C=O) groups excluding carboxylic acids is 3. The third-order valence-corrected chi connectivity index (χ3v) is 6.20. The number of aliphatic hydroxyl groups is 1. The Balaban J connectivity index is 1.80. The van der Waals surface area contributed by atoms with Gasteiger partial charge in [-0.15, -0.1) is 0 Å². The van der Waals surface area contributed by atoms with Crippen LogP contribution in [0, 0.1) is 5.92 Å². The lowest BCUT2D eigenvalue weighted by atomic mass is 10.0. The topological polar surface area (TPSA) is 215 Å². The van der Waals surface area contributed by atoms with Crippen molar-refractivity contribution in [1.29, 1.82) is 0 Å². The van der Waals surface area contributed by atoms with E-state index in [1.807, 2.05) is 38.1 Å². The Labute approximate surface area is 225 Å². The van der Waals surface area contributed by atoms with E-state index in [-0.39, 0.29) is 18.8 Å². The van der Waals surface area contributed by atoms with Gasteiger partial charge in [-0.1, -0.05) is 32.0 Å². The molecule has 0 aliphatic heterocycles. The highest BCUT2D eigenvalue weighted by atomic mass is 16.4. The molecule has 0 bridgehead atoms. The number of fused-ring (bicyclic) bond motifs is 1. The van der Waals surface area contributed by atoms with Crippen LogP contribution in [0.1, 0.15) is 31.5 Å². The van der Waals surface area contributed by atoms with Crippen molar-refractivity contribution in [3.05, 3.63) is 54.2 Å². The van der Waals surface area contributed by atoms with Gasteiger partial charge < -0.3 is 41.9 Å². The molecule has 0 fully saturated rings. The van der Waals surface area contributed by atoms with E-state index in [4.69, 9.17) is 5.73 Å². The number of carboxylic acid groups (broad SMARTS) is 1. The van der Waals surface area contributed by atoms with Crippen molar-refractivity contribution in [3.8, 4) is 0 Å². The molecule has 13 nitrogen and oxygen atoms in total. The van der Waals surface area contributed by atoms with Crippen molar-refractivity contribution < 1.29 is 29.4 Å². The molecule has 0 saturated carbocycles. The number of rotatable bonds is 14. The van der Waals surface area contributed by atoms with Gasteiger partial charge in [0, 0.05) is 41.8 Å². The predicted octanol–water partition coefficient (Wildman–Crippen LogP) is -0.419. The summed E-state index contributed by atoms with van der Waals surface area (Å²) >= 11 is 0. The Morgan fingerprint density at radius 3 is 2.26 bits per heavy atom. The van der Waals surface area contributed by atoms with Gasteiger partial charge in [-0.2, -0.15) is 0 Å². The summed E-state index contributed by atoms with van der Waals surface area (Å²) in [7, 11) is 0. The Morgan fingerprint density at radius 2 is 1.62 bits per heavy atom. The van der Waals surface area contributed by atoms with Crippen molar-refractivity contribution in [2.75, 3.05) is 6.61 Å². The number of para-hydroxylation sites is 1. The van der Waals surface area contributed by atoms with Crippen LogP contribution in [0.4, 0.5) is 0 Å². The van der Waals surface area contributed by atoms with Crippen molar-refractivity contribution >= 4 is 34.6 Å². The summed E-state index contributed by atoms with van der Waals surface area (Å²) < 4.78 is 0. The highest BCUT2D eigenvalue weighted by Crippen LogP contribution is 2.19. The van der Waals surface area contributed by atoms with Crippen LogP contribution in [0.15, 0.2) is 43.0 Å². The second-order valence-corrected chi connectivity index (χ2v) is 9.78. The van der Waals surface area contributed by atoms with Gasteiger partial charge in [-0.05, 0) is 24.0 Å². The molecule has 0 aliphatic rings. The Morgan fingerprint density at radius 1 is 0.949 bits per heavy atom. The monoisotopic (exact) mass is 541 g/mol. The molecule has 39 heavy (non-hydrogen) atoms. The van der Waals surface area contributed by atoms with E-state index in [2.05, 4.69) is 30.9 Å². The lowest BCUT2D eigenvalue weighted by Crippen LogP contribution is -2.58. The van der Waals surface area contributed by atoms with Crippen molar-refractivity contribution in [2.24, 2.45) is 11.7 Å². The van der Waals surface area contributed by atoms with E-state index in [9.17, 15) is 29.4 Å². The smallest absolute Gasteiger partial charge is 0.326 e. The lowest BCUT2D eigenvalue weighted by Gasteiger charge is -2.24. The summed E-state index contributed by atoms with van der Waals surface area (Å²) in [6.45, 7) is 3.06. The van der Waals surface area contributed by atoms with Gasteiger partial charge in [-0.3, -0.25) is 14.4 Å². The number of carboxylic acids is 1. The highest BCUT2D eigenvalue weighted by molar-refractivity contribution is 5.95. The van der Waals surface area contributed by atoms with Crippen LogP contribution in [0.3, 0.4) is 0 Å². The van der Waals surface area contributed by atoms with Crippen molar-refractivity contribution in [2.45, 2.75) is 57.3 Å². The summed E-state index contributed by atoms with van der Waals surface area (Å²) in [5, 5.41) is 27.8. The van der Waals surface area contributed by atoms with Crippen LogP contribution in [-0.2, 0) is 32.0 Å². The number of hydrogen-bond acceptors (Lipinski definition) is 7. The molecule has 9 N–H and O–H groups in total. The van der Waals surface area contributed by atoms with Crippen LogP contribution in [0.2, 0.25) is 0 Å². The molecule has 4 unspecified atom stereocenters. The summed E-state index contributed by atoms with van der Waals surface area (Å²) in [4.78, 5) is 60.5. The standard InChI is InChI=1S/C26H35N7O6/c1-14(2)7-18(27)23(35)33-22(12-34)25(37)31-20(8-15-10-29-19-6-4-3-5-17(15)19)24(36)32-21(26(38)39)9-16-11-28-13-30-16/h3-6,10-11,13-14,18,20-22,29,34H,7-9,12,27H2,1-2H3,(H,28,30)(H,31,37)(H,32,36)(H,33,35)(H,38,39). The van der Waals surface area contributed by atoms with E-state index in [1.54, 1.807) is 6.20 Å². The molecule has 2 aromatic heterocycles. The Bertz CT molecular complexity index is 1270. The molecule has 3 amide bonds. The van der Waals surface area contributed by atoms with Gasteiger partial charge in [0.15, 0.2) is 0 Å². The molecule has 0 aliphatic carbocycles. The largest absolute Gasteiger partial charge is 0.480 e. The molecule has 4 atom stereocenters. The van der Waals surface area contributed by atoms with Crippen molar-refractivity contribution in [1.82, 2.24) is 30.9 Å². The Hall–Kier alpha value is -4.23. The number of amides is 3. The number of H-pyrrole nitrogens is 2. The maximum atomic E-state index is 13.4. The summed E-state index contributed by atoms with van der Waals surface area (Å²) in [6, 6.07) is 2.61. The van der Waals surface area contributed by atoms with E-state index >= 15 is 0 Å². The molecule has 3 rings (SSSR count). The number of aliphatic carboxylic acids is 1. The fraction of sp³-hybridized carbons (Fsp3) is 0.423. The Kier molecular flexibility index (Phi) is 10.2. The minimum atomic E-state index is -1.37. The van der Waals surface area contributed by atoms with Crippen LogP contribution < -0.4 is 21.7 Å². The molecular weight excluding hydrogens is 506 g/mol. The van der Waals surface area contributed by atoms with Gasteiger partial charge in [0.1, 0.15) is 18.1 Å². The normalized spacial score (nSPS) is 14.4. The van der Waals surface area contributed by atoms with Gasteiger partial charge in [0.05, 0.1) is 19.0 Å². The average molecular weight is 542 g/mol. The molecule has 0 radical (unpaired) electrons. The van der Waals surface area contributed by atoms with Gasteiger partial charge in [-0.25, -0.2) is 9.78 Å². The first-order chi connectivity index (χ1) is 18.6. The van der Waals surface area contributed by atoms with Crippen LogP contribution in [-0.4, -0.2) is 79.6 Å². The summed E-state index contributed by atoms with van der Waals surface area (Å²) in [5.41, 5.74) is 7.92. The number of aliphatic hydroxyl groups excluding tert-OH is 1. The molecule has 210 valence electrons. The molecule has 3 aromatic rings. The lowest BCUT2D eigenvalue weighted by molar-refractivity contribution is -0.142. The van der Waals surface area contributed by atoms with E-state index in [1.165, 1.54) is 12.5 Å². The third-order valence-electron chi connectivity index (χ3n) is 6.20. The third kappa shape index (κ3) is 8.12. The van der Waals surface area contributed by atoms with Gasteiger partial charge in [0.25, 0.3) is 0 Å². The summed E-state index contributed by atoms with van der Waals surface area (Å²) in [5.74, 6) is -3.31. The molecule has 0 spiro atoms. The fourth-order valence-corrected chi connectivity index (χ4v) is 4.18. The number of hydrogen-bond donors (Lipinski definition) is 8. The first kappa shape index (κ1) is 29.3. The average Bonchev–Trinajstić information content (AvgIpc) is 3.55. The first-order valence-corrected chi connectivity index (χ1v) is 12.6.